The van der Waals surface area contributed by atoms with E-state index in [0.717, 1.165) is 11.3 Å². The van der Waals surface area contributed by atoms with Crippen LogP contribution in [0.4, 0.5) is 5.69 Å². The van der Waals surface area contributed by atoms with Gasteiger partial charge in [0.1, 0.15) is 0 Å². The molecule has 0 aromatic heterocycles. The van der Waals surface area contributed by atoms with Gasteiger partial charge >= 0.3 is 0 Å². The Kier molecular flexibility index (Phi) is 3.07. The first-order chi connectivity index (χ1) is 6.56. The Bertz CT molecular complexity index is 369. The third kappa shape index (κ3) is 2.02. The van der Waals surface area contributed by atoms with Crippen LogP contribution in [0.5, 0.6) is 0 Å². The van der Waals surface area contributed by atoms with Gasteiger partial charge in [0.15, 0.2) is 0 Å². The molecule has 0 aliphatic rings. The molecule has 1 aromatic carbocycles. The molecule has 1 aromatic rings. The second kappa shape index (κ2) is 4.09. The number of carbonyl (C=O) groups excluding carboxylic acids is 1. The summed E-state index contributed by atoms with van der Waals surface area (Å²) in [5.41, 5.74) is 3.23. The average Bonchev–Trinajstić information content (AvgIpc) is 2.15. The number of carbonyl (C=O) groups is 1. The van der Waals surface area contributed by atoms with Crippen LogP contribution in [0, 0.1) is 13.8 Å². The third-order valence-corrected chi connectivity index (χ3v) is 2.22. The second-order valence-corrected chi connectivity index (χ2v) is 3.39. The number of amides is 1. The van der Waals surface area contributed by atoms with Gasteiger partial charge < -0.3 is 4.90 Å². The molecule has 0 fully saturated rings. The number of rotatable bonds is 2. The first-order valence-corrected chi connectivity index (χ1v) is 4.53. The SMILES string of the molecule is C=CC(=O)N(C)c1ccc(C)cc1C. The molecule has 0 atom stereocenters. The minimum Gasteiger partial charge on any atom is -0.312 e. The lowest BCUT2D eigenvalue weighted by atomic mass is 10.1. The van der Waals surface area contributed by atoms with Crippen LogP contribution in [0.3, 0.4) is 0 Å². The van der Waals surface area contributed by atoms with Gasteiger partial charge in [0.05, 0.1) is 0 Å². The van der Waals surface area contributed by atoms with E-state index in [1.165, 1.54) is 11.6 Å². The summed E-state index contributed by atoms with van der Waals surface area (Å²) in [6.45, 7) is 7.49. The fraction of sp³-hybridized carbons (Fsp3) is 0.250. The molecule has 0 unspecified atom stereocenters. The van der Waals surface area contributed by atoms with Crippen molar-refractivity contribution in [1.29, 1.82) is 0 Å². The second-order valence-electron chi connectivity index (χ2n) is 3.39. The van der Waals surface area contributed by atoms with Gasteiger partial charge in [0.2, 0.25) is 5.91 Å². The Morgan fingerprint density at radius 3 is 2.57 bits per heavy atom. The van der Waals surface area contributed by atoms with E-state index >= 15 is 0 Å². The quantitative estimate of drug-likeness (QED) is 0.654. The Balaban J connectivity index is 3.07. The third-order valence-electron chi connectivity index (χ3n) is 2.22. The number of hydrogen-bond acceptors (Lipinski definition) is 1. The minimum atomic E-state index is -0.0862. The predicted octanol–water partition coefficient (Wildman–Crippen LogP) is 2.45. The summed E-state index contributed by atoms with van der Waals surface area (Å²) in [5, 5.41) is 0. The highest BCUT2D eigenvalue weighted by Gasteiger charge is 2.08. The van der Waals surface area contributed by atoms with Crippen LogP contribution in [-0.4, -0.2) is 13.0 Å². The van der Waals surface area contributed by atoms with E-state index in [-0.39, 0.29) is 5.91 Å². The van der Waals surface area contributed by atoms with Crippen molar-refractivity contribution in [2.75, 3.05) is 11.9 Å². The maximum Gasteiger partial charge on any atom is 0.250 e. The van der Waals surface area contributed by atoms with Crippen molar-refractivity contribution in [1.82, 2.24) is 0 Å². The number of benzene rings is 1. The van der Waals surface area contributed by atoms with Crippen LogP contribution in [0.1, 0.15) is 11.1 Å². The van der Waals surface area contributed by atoms with Gasteiger partial charge in [-0.25, -0.2) is 0 Å². The summed E-state index contributed by atoms with van der Waals surface area (Å²) in [7, 11) is 1.75. The van der Waals surface area contributed by atoms with E-state index in [4.69, 9.17) is 0 Å². The highest BCUT2D eigenvalue weighted by Crippen LogP contribution is 2.19. The molecule has 14 heavy (non-hydrogen) atoms. The first-order valence-electron chi connectivity index (χ1n) is 4.53. The smallest absolute Gasteiger partial charge is 0.250 e. The van der Waals surface area contributed by atoms with E-state index < -0.39 is 0 Å². The van der Waals surface area contributed by atoms with E-state index in [9.17, 15) is 4.79 Å². The molecule has 2 nitrogen and oxygen atoms in total. The Morgan fingerprint density at radius 1 is 1.43 bits per heavy atom. The van der Waals surface area contributed by atoms with Crippen LogP contribution < -0.4 is 4.90 Å². The predicted molar refractivity (Wildman–Crippen MR) is 59.5 cm³/mol. The number of anilines is 1. The molecule has 0 saturated carbocycles. The van der Waals surface area contributed by atoms with E-state index in [2.05, 4.69) is 12.6 Å². The summed E-state index contributed by atoms with van der Waals surface area (Å²) < 4.78 is 0. The van der Waals surface area contributed by atoms with Crippen LogP contribution in [0.15, 0.2) is 30.9 Å². The average molecular weight is 189 g/mol. The molecule has 74 valence electrons. The maximum absolute atomic E-state index is 11.4. The largest absolute Gasteiger partial charge is 0.312 e. The summed E-state index contributed by atoms with van der Waals surface area (Å²) in [4.78, 5) is 13.0. The summed E-state index contributed by atoms with van der Waals surface area (Å²) in [6.07, 6.45) is 1.32. The van der Waals surface area contributed by atoms with Gasteiger partial charge in [-0.05, 0) is 31.6 Å². The molecule has 1 amide bonds. The zero-order chi connectivity index (χ0) is 10.7. The maximum atomic E-state index is 11.4. The number of likely N-dealkylation sites (N-methyl/N-ethyl adjacent to an activating group) is 1. The van der Waals surface area contributed by atoms with Gasteiger partial charge in [0, 0.05) is 12.7 Å². The number of nitrogens with zero attached hydrogens (tertiary/aromatic N) is 1. The summed E-state index contributed by atoms with van der Waals surface area (Å²) >= 11 is 0. The molecule has 0 aliphatic carbocycles. The van der Waals surface area contributed by atoms with Crippen molar-refractivity contribution in [2.24, 2.45) is 0 Å². The zero-order valence-electron chi connectivity index (χ0n) is 8.87. The lowest BCUT2D eigenvalue weighted by Gasteiger charge is -2.17. The Hall–Kier alpha value is -1.57. The standard InChI is InChI=1S/C12H15NO/c1-5-12(14)13(4)11-7-6-9(2)8-10(11)3/h5-8H,1H2,2-4H3. The fourth-order valence-electron chi connectivity index (χ4n) is 1.44. The van der Waals surface area contributed by atoms with Crippen molar-refractivity contribution < 1.29 is 4.79 Å². The van der Waals surface area contributed by atoms with Gasteiger partial charge in [-0.15, -0.1) is 0 Å². The number of aryl methyl sites for hydroxylation is 2. The summed E-state index contributed by atoms with van der Waals surface area (Å²) in [6, 6.07) is 6.00. The summed E-state index contributed by atoms with van der Waals surface area (Å²) in [5.74, 6) is -0.0862. The van der Waals surface area contributed by atoms with Crippen LogP contribution in [0.2, 0.25) is 0 Å². The molecule has 0 aliphatic heterocycles. The molecule has 0 radical (unpaired) electrons. The monoisotopic (exact) mass is 189 g/mol. The van der Waals surface area contributed by atoms with Gasteiger partial charge in [0.25, 0.3) is 0 Å². The molecule has 2 heteroatoms. The normalized spacial score (nSPS) is 9.64. The first kappa shape index (κ1) is 10.5. The zero-order valence-corrected chi connectivity index (χ0v) is 8.87. The molecule has 0 spiro atoms. The number of hydrogen-bond donors (Lipinski definition) is 0. The van der Waals surface area contributed by atoms with Crippen molar-refractivity contribution in [3.8, 4) is 0 Å². The lowest BCUT2D eigenvalue weighted by Crippen LogP contribution is -2.24. The van der Waals surface area contributed by atoms with Crippen LogP contribution in [0.25, 0.3) is 0 Å². The molecular formula is C12H15NO. The minimum absolute atomic E-state index is 0.0862. The topological polar surface area (TPSA) is 20.3 Å². The van der Waals surface area contributed by atoms with E-state index in [1.807, 2.05) is 26.0 Å². The van der Waals surface area contributed by atoms with E-state index in [1.54, 1.807) is 11.9 Å². The van der Waals surface area contributed by atoms with Crippen molar-refractivity contribution in [2.45, 2.75) is 13.8 Å². The molecule has 0 bridgehead atoms. The van der Waals surface area contributed by atoms with Crippen molar-refractivity contribution >= 4 is 11.6 Å². The fourth-order valence-corrected chi connectivity index (χ4v) is 1.44. The lowest BCUT2D eigenvalue weighted by molar-refractivity contribution is -0.113. The van der Waals surface area contributed by atoms with Gasteiger partial charge in [-0.3, -0.25) is 4.79 Å². The van der Waals surface area contributed by atoms with Crippen molar-refractivity contribution in [3.05, 3.63) is 42.0 Å². The molecule has 0 N–H and O–H groups in total. The van der Waals surface area contributed by atoms with Gasteiger partial charge in [-0.2, -0.15) is 0 Å². The molecule has 1 rings (SSSR count). The molecule has 0 heterocycles. The van der Waals surface area contributed by atoms with Crippen LogP contribution >= 0.6 is 0 Å². The molecular weight excluding hydrogens is 174 g/mol. The Labute approximate surface area is 84.9 Å². The van der Waals surface area contributed by atoms with Gasteiger partial charge in [-0.1, -0.05) is 24.3 Å². The Morgan fingerprint density at radius 2 is 2.07 bits per heavy atom. The highest BCUT2D eigenvalue weighted by atomic mass is 16.2. The van der Waals surface area contributed by atoms with Crippen molar-refractivity contribution in [3.63, 3.8) is 0 Å². The highest BCUT2D eigenvalue weighted by molar-refractivity contribution is 6.01. The van der Waals surface area contributed by atoms with E-state index in [0.29, 0.717) is 0 Å². The molecule has 0 saturated heterocycles. The van der Waals surface area contributed by atoms with Crippen LogP contribution in [-0.2, 0) is 4.79 Å².